The van der Waals surface area contributed by atoms with Crippen LogP contribution in [0.3, 0.4) is 0 Å². The second-order valence-electron chi connectivity index (χ2n) is 7.54. The van der Waals surface area contributed by atoms with Crippen LogP contribution in [0.1, 0.15) is 29.8 Å². The lowest BCUT2D eigenvalue weighted by atomic mass is 9.62. The van der Waals surface area contributed by atoms with Crippen LogP contribution in [-0.2, 0) is 22.7 Å². The molecule has 0 atom stereocenters. The second kappa shape index (κ2) is 6.66. The number of halogens is 2. The highest BCUT2D eigenvalue weighted by molar-refractivity contribution is 9.10. The van der Waals surface area contributed by atoms with Gasteiger partial charge in [-0.15, -0.1) is 0 Å². The van der Waals surface area contributed by atoms with Crippen molar-refractivity contribution in [1.29, 1.82) is 0 Å². The number of oxime groups is 1. The summed E-state index contributed by atoms with van der Waals surface area (Å²) in [6.07, 6.45) is 2.51. The lowest BCUT2D eigenvalue weighted by molar-refractivity contribution is 0.0856. The third-order valence-corrected chi connectivity index (χ3v) is 8.00. The Labute approximate surface area is 163 Å². The number of sulfone groups is 1. The summed E-state index contributed by atoms with van der Waals surface area (Å²) < 4.78 is 41.4. The maximum atomic E-state index is 13.4. The van der Waals surface area contributed by atoms with Crippen LogP contribution < -0.4 is 0 Å². The van der Waals surface area contributed by atoms with Gasteiger partial charge in [0.2, 0.25) is 0 Å². The SMILES string of the molecule is O=S1(=O)CC2(CC(Cc3nonc3C(Cc3ccc(F)c(Br)c3)=NO)C2)C1. The molecule has 1 saturated carbocycles. The Balaban J connectivity index is 1.44. The third kappa shape index (κ3) is 3.64. The van der Waals surface area contributed by atoms with E-state index in [0.717, 1.165) is 18.4 Å². The van der Waals surface area contributed by atoms with Gasteiger partial charge in [-0.2, -0.15) is 0 Å². The molecule has 1 aromatic carbocycles. The van der Waals surface area contributed by atoms with Crippen molar-refractivity contribution in [3.05, 3.63) is 45.4 Å². The van der Waals surface area contributed by atoms with Crippen LogP contribution >= 0.6 is 15.9 Å². The summed E-state index contributed by atoms with van der Waals surface area (Å²) in [6, 6.07) is 4.54. The fourth-order valence-electron chi connectivity index (χ4n) is 4.28. The minimum absolute atomic E-state index is 0.0465. The second-order valence-corrected chi connectivity index (χ2v) is 10.5. The minimum atomic E-state index is -2.83. The number of hydrogen-bond acceptors (Lipinski definition) is 7. The van der Waals surface area contributed by atoms with Gasteiger partial charge in [0.1, 0.15) is 17.2 Å². The zero-order valence-corrected chi connectivity index (χ0v) is 16.6. The van der Waals surface area contributed by atoms with Crippen LogP contribution in [0.5, 0.6) is 0 Å². The van der Waals surface area contributed by atoms with Gasteiger partial charge in [0.25, 0.3) is 0 Å². The van der Waals surface area contributed by atoms with E-state index in [2.05, 4.69) is 31.4 Å². The summed E-state index contributed by atoms with van der Waals surface area (Å²) in [5, 5.41) is 20.6. The summed E-state index contributed by atoms with van der Waals surface area (Å²) in [6.45, 7) is 0. The van der Waals surface area contributed by atoms with Crippen molar-refractivity contribution in [3.63, 3.8) is 0 Å². The maximum absolute atomic E-state index is 13.4. The fourth-order valence-corrected chi connectivity index (χ4v) is 6.96. The number of benzene rings is 1. The van der Waals surface area contributed by atoms with Gasteiger partial charge < -0.3 is 5.21 Å². The van der Waals surface area contributed by atoms with Gasteiger partial charge in [0.05, 0.1) is 16.0 Å². The molecule has 2 aliphatic rings. The average molecular weight is 458 g/mol. The summed E-state index contributed by atoms with van der Waals surface area (Å²) in [5.41, 5.74) is 1.94. The Morgan fingerprint density at radius 2 is 2.11 bits per heavy atom. The molecule has 0 radical (unpaired) electrons. The smallest absolute Gasteiger partial charge is 0.156 e. The number of rotatable bonds is 5. The predicted octanol–water partition coefficient (Wildman–Crippen LogP) is 2.76. The zero-order valence-electron chi connectivity index (χ0n) is 14.2. The molecule has 4 rings (SSSR count). The molecule has 2 aromatic rings. The predicted molar refractivity (Wildman–Crippen MR) is 97.9 cm³/mol. The van der Waals surface area contributed by atoms with Crippen molar-refractivity contribution in [1.82, 2.24) is 10.3 Å². The molecule has 2 fully saturated rings. The van der Waals surface area contributed by atoms with Crippen LogP contribution in [0, 0.1) is 17.2 Å². The Hall–Kier alpha value is -1.81. The van der Waals surface area contributed by atoms with E-state index in [4.69, 9.17) is 4.63 Å². The van der Waals surface area contributed by atoms with E-state index >= 15 is 0 Å². The quantitative estimate of drug-likeness (QED) is 0.420. The molecule has 1 aromatic heterocycles. The van der Waals surface area contributed by atoms with Crippen molar-refractivity contribution in [3.8, 4) is 0 Å². The Kier molecular flexibility index (Phi) is 4.58. The Bertz CT molecular complexity index is 1000. The molecule has 144 valence electrons. The molecule has 1 saturated heterocycles. The van der Waals surface area contributed by atoms with E-state index in [1.54, 1.807) is 12.1 Å². The summed E-state index contributed by atoms with van der Waals surface area (Å²) in [4.78, 5) is 0. The molecular weight excluding hydrogens is 441 g/mol. The van der Waals surface area contributed by atoms with E-state index in [0.29, 0.717) is 28.2 Å². The van der Waals surface area contributed by atoms with E-state index in [1.165, 1.54) is 6.07 Å². The summed E-state index contributed by atoms with van der Waals surface area (Å²) in [5.74, 6) is 0.500. The molecular formula is C17H17BrFN3O4S. The minimum Gasteiger partial charge on any atom is -0.411 e. The van der Waals surface area contributed by atoms with Gasteiger partial charge in [0.15, 0.2) is 15.5 Å². The molecule has 0 unspecified atom stereocenters. The Morgan fingerprint density at radius 3 is 2.74 bits per heavy atom. The first kappa shape index (κ1) is 18.5. The molecule has 1 aliphatic heterocycles. The van der Waals surface area contributed by atoms with Crippen molar-refractivity contribution >= 4 is 31.5 Å². The van der Waals surface area contributed by atoms with Crippen LogP contribution in [0.4, 0.5) is 4.39 Å². The van der Waals surface area contributed by atoms with E-state index in [9.17, 15) is 18.0 Å². The molecule has 1 spiro atoms. The molecule has 7 nitrogen and oxygen atoms in total. The molecule has 1 N–H and O–H groups in total. The van der Waals surface area contributed by atoms with Crippen LogP contribution in [0.15, 0.2) is 32.5 Å². The fraction of sp³-hybridized carbons (Fsp3) is 0.471. The molecule has 1 aliphatic carbocycles. The average Bonchev–Trinajstić information content (AvgIpc) is 3.00. The van der Waals surface area contributed by atoms with Crippen molar-refractivity contribution in [2.75, 3.05) is 11.5 Å². The summed E-state index contributed by atoms with van der Waals surface area (Å²) in [7, 11) is -2.83. The number of hydrogen-bond donors (Lipinski definition) is 1. The van der Waals surface area contributed by atoms with Gasteiger partial charge >= 0.3 is 0 Å². The maximum Gasteiger partial charge on any atom is 0.156 e. The van der Waals surface area contributed by atoms with E-state index in [1.807, 2.05) is 0 Å². The monoisotopic (exact) mass is 457 g/mol. The molecule has 0 bridgehead atoms. The number of nitrogens with zero attached hydrogens (tertiary/aromatic N) is 3. The first-order chi connectivity index (χ1) is 12.8. The van der Waals surface area contributed by atoms with E-state index < -0.39 is 9.84 Å². The van der Waals surface area contributed by atoms with Crippen LogP contribution in [0.2, 0.25) is 0 Å². The molecule has 2 heterocycles. The highest BCUT2D eigenvalue weighted by Crippen LogP contribution is 2.54. The molecule has 27 heavy (non-hydrogen) atoms. The third-order valence-electron chi connectivity index (χ3n) is 5.28. The molecule has 10 heteroatoms. The van der Waals surface area contributed by atoms with Crippen molar-refractivity contribution in [2.24, 2.45) is 16.5 Å². The van der Waals surface area contributed by atoms with Crippen LogP contribution in [-0.4, -0.2) is 41.2 Å². The standard InChI is InChI=1S/C17H17BrFN3O4S/c18-12-3-10(1-2-13(12)19)4-14(20-23)16-15(21-26-22-16)5-11-6-17(7-11)8-27(24,25)9-17/h1-3,11,23H,4-9H2. The molecule has 0 amide bonds. The lowest BCUT2D eigenvalue weighted by Crippen LogP contribution is -2.56. The normalized spacial score (nSPS) is 21.0. The van der Waals surface area contributed by atoms with Gasteiger partial charge in [-0.1, -0.05) is 16.4 Å². The largest absolute Gasteiger partial charge is 0.411 e. The van der Waals surface area contributed by atoms with Gasteiger partial charge in [0, 0.05) is 6.42 Å². The van der Waals surface area contributed by atoms with Crippen molar-refractivity contribution < 1.29 is 22.6 Å². The zero-order chi connectivity index (χ0) is 19.2. The highest BCUT2D eigenvalue weighted by Gasteiger charge is 2.56. The first-order valence-corrected chi connectivity index (χ1v) is 11.1. The Morgan fingerprint density at radius 1 is 1.37 bits per heavy atom. The van der Waals surface area contributed by atoms with Gasteiger partial charge in [-0.05, 0) is 69.4 Å². The number of aromatic nitrogens is 2. The summed E-state index contributed by atoms with van der Waals surface area (Å²) >= 11 is 3.14. The van der Waals surface area contributed by atoms with Gasteiger partial charge in [-0.25, -0.2) is 17.4 Å². The highest BCUT2D eigenvalue weighted by atomic mass is 79.9. The first-order valence-electron chi connectivity index (χ1n) is 8.46. The van der Waals surface area contributed by atoms with Crippen molar-refractivity contribution in [2.45, 2.75) is 25.7 Å². The topological polar surface area (TPSA) is 106 Å². The van der Waals surface area contributed by atoms with E-state index in [-0.39, 0.29) is 34.9 Å². The van der Waals surface area contributed by atoms with Gasteiger partial charge in [-0.3, -0.25) is 0 Å². The van der Waals surface area contributed by atoms with Crippen LogP contribution in [0.25, 0.3) is 0 Å². The lowest BCUT2D eigenvalue weighted by Gasteiger charge is -2.53.